The second kappa shape index (κ2) is 8.32. The summed E-state index contributed by atoms with van der Waals surface area (Å²) in [5.74, 6) is -0.0586. The fraction of sp³-hybridized carbons (Fsp3) is 0.684. The Morgan fingerprint density at radius 2 is 1.92 bits per heavy atom. The topological polar surface area (TPSA) is 61.4 Å². The van der Waals surface area contributed by atoms with Crippen LogP contribution >= 0.6 is 11.3 Å². The molecule has 0 atom stereocenters. The number of likely N-dealkylation sites (tertiary alicyclic amines) is 1. The zero-order chi connectivity index (χ0) is 18.6. The molecule has 140 valence electrons. The van der Waals surface area contributed by atoms with Gasteiger partial charge in [0.15, 0.2) is 0 Å². The summed E-state index contributed by atoms with van der Waals surface area (Å²) in [6, 6.07) is 2.13. The SMILES string of the molecule is CCCN1CCC(NC(=O)c2sc(NC(=O)C(C)(C)C)cc2C)CC1. The van der Waals surface area contributed by atoms with Gasteiger partial charge in [-0.3, -0.25) is 9.59 Å². The highest BCUT2D eigenvalue weighted by Crippen LogP contribution is 2.28. The highest BCUT2D eigenvalue weighted by Gasteiger charge is 2.25. The van der Waals surface area contributed by atoms with E-state index in [2.05, 4.69) is 22.5 Å². The van der Waals surface area contributed by atoms with Gasteiger partial charge in [-0.25, -0.2) is 0 Å². The number of nitrogens with zero attached hydrogens (tertiary/aromatic N) is 1. The maximum Gasteiger partial charge on any atom is 0.261 e. The van der Waals surface area contributed by atoms with Gasteiger partial charge in [0.2, 0.25) is 5.91 Å². The summed E-state index contributed by atoms with van der Waals surface area (Å²) in [4.78, 5) is 27.9. The van der Waals surface area contributed by atoms with E-state index in [-0.39, 0.29) is 17.9 Å². The largest absolute Gasteiger partial charge is 0.349 e. The molecule has 0 radical (unpaired) electrons. The number of hydrogen-bond donors (Lipinski definition) is 2. The van der Waals surface area contributed by atoms with Crippen LogP contribution in [-0.2, 0) is 4.79 Å². The Balaban J connectivity index is 1.93. The lowest BCUT2D eigenvalue weighted by Crippen LogP contribution is -2.44. The number of thiophene rings is 1. The lowest BCUT2D eigenvalue weighted by molar-refractivity contribution is -0.123. The molecule has 1 fully saturated rings. The molecule has 1 aliphatic rings. The van der Waals surface area contributed by atoms with E-state index < -0.39 is 5.41 Å². The standard InChI is InChI=1S/C19H31N3O2S/c1-6-9-22-10-7-14(8-11-22)20-17(23)16-13(2)12-15(25-16)21-18(24)19(3,4)5/h12,14H,6-11H2,1-5H3,(H,20,23)(H,21,24). The van der Waals surface area contributed by atoms with E-state index in [4.69, 9.17) is 0 Å². The van der Waals surface area contributed by atoms with E-state index in [1.165, 1.54) is 17.8 Å². The highest BCUT2D eigenvalue weighted by atomic mass is 32.1. The number of nitrogens with one attached hydrogen (secondary N) is 2. The second-order valence-electron chi connectivity index (χ2n) is 7.92. The van der Waals surface area contributed by atoms with Crippen LogP contribution in [0.1, 0.15) is 62.2 Å². The smallest absolute Gasteiger partial charge is 0.261 e. The Labute approximate surface area is 155 Å². The lowest BCUT2D eigenvalue weighted by atomic mass is 9.96. The number of carbonyl (C=O) groups is 2. The molecule has 0 bridgehead atoms. The number of piperidine rings is 1. The molecular formula is C19H31N3O2S. The maximum atomic E-state index is 12.6. The Kier molecular flexibility index (Phi) is 6.63. The highest BCUT2D eigenvalue weighted by molar-refractivity contribution is 7.18. The Morgan fingerprint density at radius 1 is 1.28 bits per heavy atom. The van der Waals surface area contributed by atoms with Gasteiger partial charge in [-0.05, 0) is 44.4 Å². The molecule has 1 aliphatic heterocycles. The molecule has 5 nitrogen and oxygen atoms in total. The normalized spacial score (nSPS) is 16.7. The van der Waals surface area contributed by atoms with Crippen molar-refractivity contribution in [3.63, 3.8) is 0 Å². The number of aryl methyl sites for hydroxylation is 1. The Bertz CT molecular complexity index is 611. The number of amides is 2. The third kappa shape index (κ3) is 5.54. The number of rotatable bonds is 5. The first-order valence-electron chi connectivity index (χ1n) is 9.15. The molecule has 2 amide bonds. The van der Waals surface area contributed by atoms with Crippen molar-refractivity contribution in [3.8, 4) is 0 Å². The Hall–Kier alpha value is -1.40. The fourth-order valence-corrected chi connectivity index (χ4v) is 3.91. The number of hydrogen-bond acceptors (Lipinski definition) is 4. The third-order valence-corrected chi connectivity index (χ3v) is 5.66. The summed E-state index contributed by atoms with van der Waals surface area (Å²) in [6.07, 6.45) is 3.18. The lowest BCUT2D eigenvalue weighted by Gasteiger charge is -2.32. The maximum absolute atomic E-state index is 12.6. The van der Waals surface area contributed by atoms with Crippen LogP contribution in [0.5, 0.6) is 0 Å². The van der Waals surface area contributed by atoms with Crippen molar-refractivity contribution in [2.45, 2.75) is 59.9 Å². The van der Waals surface area contributed by atoms with Crippen molar-refractivity contribution in [1.82, 2.24) is 10.2 Å². The quantitative estimate of drug-likeness (QED) is 0.837. The third-order valence-electron chi connectivity index (χ3n) is 4.50. The van der Waals surface area contributed by atoms with Gasteiger partial charge < -0.3 is 15.5 Å². The van der Waals surface area contributed by atoms with Crippen LogP contribution in [0.15, 0.2) is 6.07 Å². The van der Waals surface area contributed by atoms with E-state index in [0.29, 0.717) is 4.88 Å². The minimum absolute atomic E-state index is 0.0206. The summed E-state index contributed by atoms with van der Waals surface area (Å²) in [6.45, 7) is 13.0. The number of carbonyl (C=O) groups excluding carboxylic acids is 2. The summed E-state index contributed by atoms with van der Waals surface area (Å²) in [7, 11) is 0. The molecule has 0 aromatic carbocycles. The minimum atomic E-state index is -0.452. The molecule has 6 heteroatoms. The summed E-state index contributed by atoms with van der Waals surface area (Å²) in [5, 5.41) is 6.82. The second-order valence-corrected chi connectivity index (χ2v) is 8.97. The molecule has 1 saturated heterocycles. The first-order valence-corrected chi connectivity index (χ1v) is 9.97. The van der Waals surface area contributed by atoms with Crippen LogP contribution in [0.3, 0.4) is 0 Å². The molecule has 2 heterocycles. The van der Waals surface area contributed by atoms with Gasteiger partial charge in [0.1, 0.15) is 0 Å². The monoisotopic (exact) mass is 365 g/mol. The van der Waals surface area contributed by atoms with Crippen molar-refractivity contribution >= 4 is 28.2 Å². The molecule has 2 N–H and O–H groups in total. The zero-order valence-electron chi connectivity index (χ0n) is 16.1. The molecule has 1 aromatic rings. The van der Waals surface area contributed by atoms with E-state index in [1.54, 1.807) is 0 Å². The van der Waals surface area contributed by atoms with Crippen molar-refractivity contribution in [2.24, 2.45) is 5.41 Å². The van der Waals surface area contributed by atoms with Crippen LogP contribution in [0, 0.1) is 12.3 Å². The fourth-order valence-electron chi connectivity index (χ4n) is 2.94. The van der Waals surface area contributed by atoms with E-state index in [0.717, 1.165) is 43.0 Å². The molecule has 2 rings (SSSR count). The van der Waals surface area contributed by atoms with Crippen molar-refractivity contribution in [1.29, 1.82) is 0 Å². The summed E-state index contributed by atoms with van der Waals surface area (Å²) >= 11 is 1.35. The molecule has 0 unspecified atom stereocenters. The predicted octanol–water partition coefficient (Wildman–Crippen LogP) is 3.65. The predicted molar refractivity (Wildman–Crippen MR) is 104 cm³/mol. The van der Waals surface area contributed by atoms with Crippen molar-refractivity contribution < 1.29 is 9.59 Å². The van der Waals surface area contributed by atoms with Crippen molar-refractivity contribution in [3.05, 3.63) is 16.5 Å². The van der Waals surface area contributed by atoms with E-state index in [9.17, 15) is 9.59 Å². The van der Waals surface area contributed by atoms with Gasteiger partial charge in [0, 0.05) is 24.5 Å². The summed E-state index contributed by atoms with van der Waals surface area (Å²) < 4.78 is 0. The molecule has 0 aliphatic carbocycles. The minimum Gasteiger partial charge on any atom is -0.349 e. The van der Waals surface area contributed by atoms with Crippen LogP contribution in [0.2, 0.25) is 0 Å². The van der Waals surface area contributed by atoms with Gasteiger partial charge in [0.05, 0.1) is 9.88 Å². The average molecular weight is 366 g/mol. The molecule has 0 spiro atoms. The van der Waals surface area contributed by atoms with Gasteiger partial charge in [0.25, 0.3) is 5.91 Å². The van der Waals surface area contributed by atoms with E-state index in [1.807, 2.05) is 33.8 Å². The number of anilines is 1. The van der Waals surface area contributed by atoms with Crippen molar-refractivity contribution in [2.75, 3.05) is 25.0 Å². The van der Waals surface area contributed by atoms with Gasteiger partial charge in [-0.1, -0.05) is 27.7 Å². The van der Waals surface area contributed by atoms with Crippen LogP contribution in [-0.4, -0.2) is 42.4 Å². The summed E-state index contributed by atoms with van der Waals surface area (Å²) in [5.41, 5.74) is 0.461. The molecular weight excluding hydrogens is 334 g/mol. The van der Waals surface area contributed by atoms with E-state index >= 15 is 0 Å². The zero-order valence-corrected chi connectivity index (χ0v) is 16.9. The van der Waals surface area contributed by atoms with Crippen LogP contribution < -0.4 is 10.6 Å². The average Bonchev–Trinajstić information content (AvgIpc) is 2.89. The molecule has 25 heavy (non-hydrogen) atoms. The molecule has 0 saturated carbocycles. The van der Waals surface area contributed by atoms with Gasteiger partial charge >= 0.3 is 0 Å². The molecule has 1 aromatic heterocycles. The first-order chi connectivity index (χ1) is 11.7. The van der Waals surface area contributed by atoms with Crippen LogP contribution in [0.25, 0.3) is 0 Å². The Morgan fingerprint density at radius 3 is 2.48 bits per heavy atom. The van der Waals surface area contributed by atoms with Gasteiger partial charge in [-0.15, -0.1) is 11.3 Å². The first kappa shape index (κ1) is 19.9. The van der Waals surface area contributed by atoms with Gasteiger partial charge in [-0.2, -0.15) is 0 Å². The van der Waals surface area contributed by atoms with Crippen LogP contribution in [0.4, 0.5) is 5.00 Å².